The van der Waals surface area contributed by atoms with Gasteiger partial charge in [-0.25, -0.2) is 13.2 Å². The van der Waals surface area contributed by atoms with Gasteiger partial charge in [0.1, 0.15) is 5.75 Å². The van der Waals surface area contributed by atoms with E-state index in [9.17, 15) is 13.2 Å². The number of hydrogen-bond acceptors (Lipinski definition) is 6. The van der Waals surface area contributed by atoms with Gasteiger partial charge in [-0.1, -0.05) is 0 Å². The van der Waals surface area contributed by atoms with Gasteiger partial charge in [-0.3, -0.25) is 0 Å². The molecule has 0 aromatic heterocycles. The van der Waals surface area contributed by atoms with Crippen molar-refractivity contribution >= 4 is 15.9 Å². The van der Waals surface area contributed by atoms with Crippen molar-refractivity contribution in [3.63, 3.8) is 0 Å². The molecule has 2 aliphatic heterocycles. The van der Waals surface area contributed by atoms with Crippen LogP contribution >= 0.6 is 0 Å². The van der Waals surface area contributed by atoms with Crippen molar-refractivity contribution in [2.45, 2.75) is 107 Å². The van der Waals surface area contributed by atoms with Crippen LogP contribution < -0.4 is 4.74 Å². The monoisotopic (exact) mass is 465 g/mol. The van der Waals surface area contributed by atoms with Crippen LogP contribution in [0.4, 0.5) is 4.79 Å². The molecular weight excluding hydrogens is 430 g/mol. The van der Waals surface area contributed by atoms with E-state index in [1.165, 1.54) is 6.26 Å². The lowest BCUT2D eigenvalue weighted by Crippen LogP contribution is -2.50. The molecule has 3 fully saturated rings. The third-order valence-electron chi connectivity index (χ3n) is 6.80. The molecule has 4 rings (SSSR count). The number of amides is 1. The summed E-state index contributed by atoms with van der Waals surface area (Å²) in [5.74, 6) is 0.707. The number of benzene rings is 1. The maximum absolute atomic E-state index is 12.4. The second-order valence-electron chi connectivity index (χ2n) is 9.71. The first-order valence-corrected chi connectivity index (χ1v) is 13.7. The molecule has 2 saturated heterocycles. The smallest absolute Gasteiger partial charge is 0.410 e. The van der Waals surface area contributed by atoms with Crippen LogP contribution in [0.1, 0.15) is 65.2 Å². The molecular formula is C24H35NO6S. The van der Waals surface area contributed by atoms with E-state index in [1.54, 1.807) is 24.3 Å². The summed E-state index contributed by atoms with van der Waals surface area (Å²) in [6, 6.07) is 7.12. The van der Waals surface area contributed by atoms with Crippen LogP contribution in [0.25, 0.3) is 0 Å². The lowest BCUT2D eigenvalue weighted by atomic mass is 9.93. The van der Waals surface area contributed by atoms with Gasteiger partial charge in [0.15, 0.2) is 9.84 Å². The Morgan fingerprint density at radius 1 is 0.906 bits per heavy atom. The van der Waals surface area contributed by atoms with Crippen molar-refractivity contribution in [2.24, 2.45) is 0 Å². The van der Waals surface area contributed by atoms with Crippen LogP contribution in [0.2, 0.25) is 0 Å². The van der Waals surface area contributed by atoms with Crippen LogP contribution in [0, 0.1) is 0 Å². The van der Waals surface area contributed by atoms with Gasteiger partial charge in [-0.2, -0.15) is 0 Å². The molecule has 1 aliphatic carbocycles. The Balaban J connectivity index is 1.23. The average molecular weight is 466 g/mol. The Kier molecular flexibility index (Phi) is 7.00. The summed E-state index contributed by atoms with van der Waals surface area (Å²) in [6.45, 7) is 3.78. The van der Waals surface area contributed by atoms with Gasteiger partial charge in [0.05, 0.1) is 29.3 Å². The molecule has 2 bridgehead atoms. The minimum atomic E-state index is -3.19. The number of carbonyl (C=O) groups excluding carboxylic acids is 1. The van der Waals surface area contributed by atoms with E-state index in [0.29, 0.717) is 10.6 Å². The number of fused-ring (bicyclic) bond motifs is 2. The molecule has 0 N–H and O–H groups in total. The van der Waals surface area contributed by atoms with Crippen molar-refractivity contribution in [3.05, 3.63) is 24.3 Å². The predicted molar refractivity (Wildman–Crippen MR) is 121 cm³/mol. The van der Waals surface area contributed by atoms with E-state index in [-0.39, 0.29) is 42.6 Å². The zero-order chi connectivity index (χ0) is 22.9. The van der Waals surface area contributed by atoms with Crippen LogP contribution in [-0.4, -0.2) is 62.2 Å². The van der Waals surface area contributed by atoms with Gasteiger partial charge < -0.3 is 19.1 Å². The number of ether oxygens (including phenoxy) is 3. The van der Waals surface area contributed by atoms with Crippen molar-refractivity contribution in [1.82, 2.24) is 4.90 Å². The zero-order valence-electron chi connectivity index (χ0n) is 19.2. The molecule has 3 atom stereocenters. The molecule has 2 heterocycles. The summed E-state index contributed by atoms with van der Waals surface area (Å²) in [4.78, 5) is 14.7. The lowest BCUT2D eigenvalue weighted by molar-refractivity contribution is -0.0786. The number of hydrogen-bond donors (Lipinski definition) is 0. The summed E-state index contributed by atoms with van der Waals surface area (Å²) in [5, 5.41) is 0. The van der Waals surface area contributed by atoms with E-state index in [0.717, 1.165) is 51.4 Å². The SMILES string of the molecule is CC(C)OC(=O)N1[C@@H]2CC[C@H]1CC(OC1CCC(Oc3ccc(S(C)(=O)=O)cc3)CC1)C2. The Bertz CT molecular complexity index is 878. The predicted octanol–water partition coefficient (Wildman–Crippen LogP) is 4.34. The van der Waals surface area contributed by atoms with Gasteiger partial charge in [-0.05, 0) is 89.5 Å². The average Bonchev–Trinajstić information content (AvgIpc) is 3.00. The van der Waals surface area contributed by atoms with Gasteiger partial charge in [0.25, 0.3) is 0 Å². The van der Waals surface area contributed by atoms with Crippen LogP contribution in [0.15, 0.2) is 29.2 Å². The molecule has 178 valence electrons. The third-order valence-corrected chi connectivity index (χ3v) is 7.93. The highest BCUT2D eigenvalue weighted by Gasteiger charge is 2.45. The van der Waals surface area contributed by atoms with Crippen molar-refractivity contribution < 1.29 is 27.4 Å². The number of piperidine rings is 1. The van der Waals surface area contributed by atoms with E-state index < -0.39 is 9.84 Å². The van der Waals surface area contributed by atoms with Gasteiger partial charge >= 0.3 is 6.09 Å². The zero-order valence-corrected chi connectivity index (χ0v) is 20.1. The maximum Gasteiger partial charge on any atom is 0.410 e. The van der Waals surface area contributed by atoms with Gasteiger partial charge in [-0.15, -0.1) is 0 Å². The van der Waals surface area contributed by atoms with Gasteiger partial charge in [0, 0.05) is 18.3 Å². The van der Waals surface area contributed by atoms with E-state index in [1.807, 2.05) is 18.7 Å². The molecule has 1 aromatic rings. The molecule has 32 heavy (non-hydrogen) atoms. The number of carbonyl (C=O) groups is 1. The minimum Gasteiger partial charge on any atom is -0.490 e. The quantitative estimate of drug-likeness (QED) is 0.622. The largest absolute Gasteiger partial charge is 0.490 e. The number of nitrogens with zero attached hydrogens (tertiary/aromatic N) is 1. The normalized spacial score (nSPS) is 30.4. The van der Waals surface area contributed by atoms with Crippen LogP contribution in [0.3, 0.4) is 0 Å². The molecule has 8 heteroatoms. The molecule has 3 aliphatic rings. The highest BCUT2D eigenvalue weighted by Crippen LogP contribution is 2.39. The first-order chi connectivity index (χ1) is 15.2. The van der Waals surface area contributed by atoms with E-state index in [4.69, 9.17) is 14.2 Å². The second-order valence-corrected chi connectivity index (χ2v) is 11.7. The fraction of sp³-hybridized carbons (Fsp3) is 0.708. The van der Waals surface area contributed by atoms with Crippen molar-refractivity contribution in [3.8, 4) is 5.75 Å². The molecule has 7 nitrogen and oxygen atoms in total. The summed E-state index contributed by atoms with van der Waals surface area (Å²) in [7, 11) is -3.19. The van der Waals surface area contributed by atoms with E-state index >= 15 is 0 Å². The standard InChI is InChI=1S/C24H35NO6S/c1-16(2)29-24(26)25-17-4-5-18(25)15-22(14-17)31-20-8-6-19(7-9-20)30-21-10-12-23(13-11-21)32(3,27)28/h10-13,16-20,22H,4-9,14-15H2,1-3H3/t17-,18+,19?,20?,22?. The molecule has 1 amide bonds. The molecule has 1 saturated carbocycles. The number of rotatable bonds is 6. The topological polar surface area (TPSA) is 82.1 Å². The Labute approximate surface area is 191 Å². The Morgan fingerprint density at radius 3 is 2.00 bits per heavy atom. The summed E-state index contributed by atoms with van der Waals surface area (Å²) in [6.07, 6.45) is 9.14. The Morgan fingerprint density at radius 2 is 1.47 bits per heavy atom. The summed E-state index contributed by atoms with van der Waals surface area (Å²) < 4.78 is 41.2. The van der Waals surface area contributed by atoms with Crippen LogP contribution in [-0.2, 0) is 19.3 Å². The highest BCUT2D eigenvalue weighted by molar-refractivity contribution is 7.90. The molecule has 0 spiro atoms. The van der Waals surface area contributed by atoms with Gasteiger partial charge in [0.2, 0.25) is 0 Å². The maximum atomic E-state index is 12.4. The van der Waals surface area contributed by atoms with Crippen molar-refractivity contribution in [2.75, 3.05) is 6.26 Å². The first-order valence-electron chi connectivity index (χ1n) is 11.8. The first kappa shape index (κ1) is 23.4. The fourth-order valence-corrected chi connectivity index (χ4v) is 5.95. The van der Waals surface area contributed by atoms with Crippen LogP contribution in [0.5, 0.6) is 5.75 Å². The highest BCUT2D eigenvalue weighted by atomic mass is 32.2. The third kappa shape index (κ3) is 5.57. The van der Waals surface area contributed by atoms with E-state index in [2.05, 4.69) is 0 Å². The Hall–Kier alpha value is -1.80. The lowest BCUT2D eigenvalue weighted by Gasteiger charge is -2.40. The summed E-state index contributed by atoms with van der Waals surface area (Å²) >= 11 is 0. The minimum absolute atomic E-state index is 0.0918. The fourth-order valence-electron chi connectivity index (χ4n) is 5.32. The summed E-state index contributed by atoms with van der Waals surface area (Å²) in [5.41, 5.74) is 0. The molecule has 0 radical (unpaired) electrons. The second kappa shape index (κ2) is 9.59. The van der Waals surface area contributed by atoms with Crippen molar-refractivity contribution in [1.29, 1.82) is 0 Å². The molecule has 1 unspecified atom stereocenters. The number of sulfone groups is 1. The molecule has 1 aromatic carbocycles.